The van der Waals surface area contributed by atoms with Gasteiger partial charge in [0.2, 0.25) is 0 Å². The molecule has 1 fully saturated rings. The van der Waals surface area contributed by atoms with Crippen LogP contribution in [0, 0.1) is 0 Å². The van der Waals surface area contributed by atoms with Gasteiger partial charge in [-0.05, 0) is 44.5 Å². The van der Waals surface area contributed by atoms with Crippen molar-refractivity contribution in [2.45, 2.75) is 25.8 Å². The first-order valence-electron chi connectivity index (χ1n) is 8.06. The van der Waals surface area contributed by atoms with E-state index in [4.69, 9.17) is 4.74 Å². The molecule has 0 spiro atoms. The van der Waals surface area contributed by atoms with Crippen molar-refractivity contribution in [3.8, 4) is 5.75 Å². The maximum atomic E-state index is 12.3. The second-order valence-corrected chi connectivity index (χ2v) is 5.60. The molecule has 2 N–H and O–H groups in total. The molecule has 3 rings (SSSR count). The number of carbonyl (C=O) groups is 1. The van der Waals surface area contributed by atoms with E-state index in [9.17, 15) is 4.79 Å². The van der Waals surface area contributed by atoms with Crippen LogP contribution >= 0.6 is 0 Å². The monoisotopic (exact) mass is 314 g/mol. The zero-order chi connectivity index (χ0) is 16.1. The quantitative estimate of drug-likeness (QED) is 0.889. The van der Waals surface area contributed by atoms with Gasteiger partial charge in [0.15, 0.2) is 5.69 Å². The Morgan fingerprint density at radius 2 is 2.39 bits per heavy atom. The molecule has 1 aromatic heterocycles. The second kappa shape index (κ2) is 7.28. The number of piperidine rings is 1. The van der Waals surface area contributed by atoms with E-state index in [1.807, 2.05) is 42.1 Å². The summed E-state index contributed by atoms with van der Waals surface area (Å²) in [6, 6.07) is 9.45. The van der Waals surface area contributed by atoms with Crippen LogP contribution in [-0.4, -0.2) is 35.4 Å². The molecule has 1 atom stereocenters. The predicted octanol–water partition coefficient (Wildman–Crippen LogP) is 2.46. The molecule has 2 heterocycles. The van der Waals surface area contributed by atoms with Gasteiger partial charge in [0.1, 0.15) is 5.75 Å². The van der Waals surface area contributed by atoms with Gasteiger partial charge in [-0.15, -0.1) is 0 Å². The number of carbonyl (C=O) groups excluding carboxylic acids is 1. The number of nitrogens with zero attached hydrogens (tertiary/aromatic N) is 2. The molecule has 0 radical (unpaired) electrons. The van der Waals surface area contributed by atoms with Crippen molar-refractivity contribution in [2.24, 2.45) is 0 Å². The highest BCUT2D eigenvalue weighted by atomic mass is 16.5. The Balaban J connectivity index is 1.66. The first-order chi connectivity index (χ1) is 11.3. The minimum absolute atomic E-state index is 0.207. The Kier molecular flexibility index (Phi) is 4.92. The smallest absolute Gasteiger partial charge is 0.276 e. The summed E-state index contributed by atoms with van der Waals surface area (Å²) < 4.78 is 7.33. The number of hydrogen-bond acceptors (Lipinski definition) is 4. The number of ether oxygens (including phenoxy) is 1. The maximum absolute atomic E-state index is 12.3. The van der Waals surface area contributed by atoms with Crippen molar-refractivity contribution in [3.05, 3.63) is 42.2 Å². The van der Waals surface area contributed by atoms with Gasteiger partial charge >= 0.3 is 0 Å². The Morgan fingerprint density at radius 1 is 1.48 bits per heavy atom. The van der Waals surface area contributed by atoms with Crippen molar-refractivity contribution in [1.29, 1.82) is 0 Å². The lowest BCUT2D eigenvalue weighted by molar-refractivity contribution is 0.102. The van der Waals surface area contributed by atoms with Crippen LogP contribution in [0.1, 0.15) is 36.3 Å². The van der Waals surface area contributed by atoms with Crippen molar-refractivity contribution < 1.29 is 9.53 Å². The van der Waals surface area contributed by atoms with Crippen LogP contribution in [0.2, 0.25) is 0 Å². The molecule has 0 bridgehead atoms. The summed E-state index contributed by atoms with van der Waals surface area (Å²) in [5, 5.41) is 10.6. The summed E-state index contributed by atoms with van der Waals surface area (Å²) in [7, 11) is 0. The Morgan fingerprint density at radius 3 is 3.17 bits per heavy atom. The van der Waals surface area contributed by atoms with E-state index in [0.717, 1.165) is 31.7 Å². The topological polar surface area (TPSA) is 68.2 Å². The van der Waals surface area contributed by atoms with E-state index < -0.39 is 0 Å². The van der Waals surface area contributed by atoms with E-state index in [0.29, 0.717) is 24.0 Å². The largest absolute Gasteiger partial charge is 0.494 e. The number of nitrogens with one attached hydrogen (secondary N) is 2. The molecule has 1 amide bonds. The van der Waals surface area contributed by atoms with E-state index in [2.05, 4.69) is 15.7 Å². The van der Waals surface area contributed by atoms with Crippen LogP contribution in [-0.2, 0) is 0 Å². The third-order valence-corrected chi connectivity index (χ3v) is 3.89. The molecule has 6 heteroatoms. The highest BCUT2D eigenvalue weighted by Gasteiger charge is 2.17. The van der Waals surface area contributed by atoms with Gasteiger partial charge in [-0.25, -0.2) is 0 Å². The number of amides is 1. The molecule has 1 saturated heterocycles. The molecule has 1 aromatic carbocycles. The highest BCUT2D eigenvalue weighted by molar-refractivity contribution is 6.02. The van der Waals surface area contributed by atoms with E-state index in [1.165, 1.54) is 0 Å². The van der Waals surface area contributed by atoms with Gasteiger partial charge < -0.3 is 15.4 Å². The van der Waals surface area contributed by atoms with Gasteiger partial charge in [0.05, 0.1) is 12.6 Å². The summed E-state index contributed by atoms with van der Waals surface area (Å²) in [4.78, 5) is 12.3. The van der Waals surface area contributed by atoms with Crippen molar-refractivity contribution in [3.63, 3.8) is 0 Å². The lowest BCUT2D eigenvalue weighted by Gasteiger charge is -2.22. The number of hydrogen-bond donors (Lipinski definition) is 2. The van der Waals surface area contributed by atoms with Gasteiger partial charge in [0.25, 0.3) is 5.91 Å². The van der Waals surface area contributed by atoms with Crippen molar-refractivity contribution >= 4 is 11.6 Å². The lowest BCUT2D eigenvalue weighted by Crippen LogP contribution is -2.32. The molecule has 6 nitrogen and oxygen atoms in total. The normalized spacial score (nSPS) is 17.7. The maximum Gasteiger partial charge on any atom is 0.276 e. The third kappa shape index (κ3) is 3.90. The number of anilines is 1. The first-order valence-corrected chi connectivity index (χ1v) is 8.06. The molecule has 1 aliphatic heterocycles. The molecule has 23 heavy (non-hydrogen) atoms. The Bertz CT molecular complexity index is 662. The molecule has 1 unspecified atom stereocenters. The number of benzene rings is 1. The molecular weight excluding hydrogens is 292 g/mol. The lowest BCUT2D eigenvalue weighted by atomic mass is 10.1. The third-order valence-electron chi connectivity index (χ3n) is 3.89. The molecule has 0 saturated carbocycles. The molecule has 0 aliphatic carbocycles. The fraction of sp³-hybridized carbons (Fsp3) is 0.412. The molecular formula is C17H22N4O2. The SMILES string of the molecule is CCOc1cccc(NC(=O)c2ccn(C3CCCNC3)n2)c1. The van der Waals surface area contributed by atoms with Crippen LogP contribution in [0.4, 0.5) is 5.69 Å². The van der Waals surface area contributed by atoms with Gasteiger partial charge in [0, 0.05) is 24.5 Å². The van der Waals surface area contributed by atoms with E-state index in [1.54, 1.807) is 6.07 Å². The Hall–Kier alpha value is -2.34. The van der Waals surface area contributed by atoms with Crippen LogP contribution in [0.5, 0.6) is 5.75 Å². The van der Waals surface area contributed by atoms with Gasteiger partial charge in [-0.2, -0.15) is 5.10 Å². The average molecular weight is 314 g/mol. The molecule has 2 aromatic rings. The van der Waals surface area contributed by atoms with Crippen molar-refractivity contribution in [1.82, 2.24) is 15.1 Å². The Labute approximate surface area is 135 Å². The summed E-state index contributed by atoms with van der Waals surface area (Å²) in [6.45, 7) is 4.48. The zero-order valence-electron chi connectivity index (χ0n) is 13.3. The molecule has 122 valence electrons. The van der Waals surface area contributed by atoms with Crippen LogP contribution in [0.15, 0.2) is 36.5 Å². The van der Waals surface area contributed by atoms with Crippen LogP contribution in [0.3, 0.4) is 0 Å². The minimum Gasteiger partial charge on any atom is -0.494 e. The van der Waals surface area contributed by atoms with Crippen LogP contribution in [0.25, 0.3) is 0 Å². The number of rotatable bonds is 5. The fourth-order valence-electron chi connectivity index (χ4n) is 2.75. The fourth-order valence-corrected chi connectivity index (χ4v) is 2.75. The average Bonchev–Trinajstić information content (AvgIpc) is 3.06. The standard InChI is InChI=1S/C17H22N4O2/c1-2-23-15-7-3-5-13(11-15)19-17(22)16-8-10-21(20-16)14-6-4-9-18-12-14/h3,5,7-8,10-11,14,18H,2,4,6,9,12H2,1H3,(H,19,22). The zero-order valence-corrected chi connectivity index (χ0v) is 13.3. The molecule has 1 aliphatic rings. The highest BCUT2D eigenvalue weighted by Crippen LogP contribution is 2.19. The van der Waals surface area contributed by atoms with Gasteiger partial charge in [-0.3, -0.25) is 9.48 Å². The van der Waals surface area contributed by atoms with E-state index >= 15 is 0 Å². The first kappa shape index (κ1) is 15.6. The number of aromatic nitrogens is 2. The summed E-state index contributed by atoms with van der Waals surface area (Å²) in [5.41, 5.74) is 1.13. The summed E-state index contributed by atoms with van der Waals surface area (Å²) in [5.74, 6) is 0.533. The summed E-state index contributed by atoms with van der Waals surface area (Å²) >= 11 is 0. The summed E-state index contributed by atoms with van der Waals surface area (Å²) in [6.07, 6.45) is 4.10. The van der Waals surface area contributed by atoms with Crippen LogP contribution < -0.4 is 15.4 Å². The van der Waals surface area contributed by atoms with Gasteiger partial charge in [-0.1, -0.05) is 6.07 Å². The predicted molar refractivity (Wildman–Crippen MR) is 88.9 cm³/mol. The van der Waals surface area contributed by atoms with Crippen molar-refractivity contribution in [2.75, 3.05) is 25.0 Å². The second-order valence-electron chi connectivity index (χ2n) is 5.60. The van der Waals surface area contributed by atoms with E-state index in [-0.39, 0.29) is 5.91 Å². The minimum atomic E-state index is -0.207.